The Bertz CT molecular complexity index is 391. The van der Waals surface area contributed by atoms with E-state index in [-0.39, 0.29) is 0 Å². The fraction of sp³-hybridized carbons (Fsp3) is 0.846. The zero-order valence-corrected chi connectivity index (χ0v) is 12.6. The summed E-state index contributed by atoms with van der Waals surface area (Å²) in [7, 11) is 2.89. The van der Waals surface area contributed by atoms with Gasteiger partial charge in [0, 0.05) is 20.6 Å². The summed E-state index contributed by atoms with van der Waals surface area (Å²) in [6.07, 6.45) is -3.28. The molecule has 0 radical (unpaired) electrons. The monoisotopic (exact) mass is 309 g/mol. The van der Waals surface area contributed by atoms with Crippen molar-refractivity contribution in [1.82, 2.24) is 15.1 Å². The second-order valence-corrected chi connectivity index (χ2v) is 5.91. The van der Waals surface area contributed by atoms with Crippen molar-refractivity contribution in [1.29, 1.82) is 0 Å². The predicted octanol–water partition coefficient (Wildman–Crippen LogP) is 0.855. The molecule has 2 amide bonds. The van der Waals surface area contributed by atoms with Gasteiger partial charge in [0.2, 0.25) is 11.8 Å². The molecular formula is C13H22F3N3O2. The molecule has 0 aromatic heterocycles. The van der Waals surface area contributed by atoms with Gasteiger partial charge < -0.3 is 15.1 Å². The number of likely N-dealkylation sites (N-methyl/N-ethyl adjacent to an activating group) is 1. The third kappa shape index (κ3) is 5.18. The van der Waals surface area contributed by atoms with Gasteiger partial charge in [-0.2, -0.15) is 13.2 Å². The first-order valence-corrected chi connectivity index (χ1v) is 6.82. The van der Waals surface area contributed by atoms with E-state index in [1.165, 1.54) is 19.0 Å². The normalized spacial score (nSPS) is 22.8. The number of amides is 2. The quantitative estimate of drug-likeness (QED) is 0.838. The minimum Gasteiger partial charge on any atom is -0.347 e. The molecule has 1 fully saturated rings. The lowest BCUT2D eigenvalue weighted by Gasteiger charge is -2.37. The molecule has 122 valence electrons. The van der Waals surface area contributed by atoms with Gasteiger partial charge in [-0.05, 0) is 26.3 Å². The van der Waals surface area contributed by atoms with Crippen LogP contribution in [0.25, 0.3) is 0 Å². The molecule has 0 bridgehead atoms. The lowest BCUT2D eigenvalue weighted by atomic mass is 9.81. The van der Waals surface area contributed by atoms with Gasteiger partial charge >= 0.3 is 6.18 Å². The number of halogens is 3. The van der Waals surface area contributed by atoms with Crippen molar-refractivity contribution in [3.63, 3.8) is 0 Å². The molecule has 8 heteroatoms. The Morgan fingerprint density at radius 1 is 1.29 bits per heavy atom. The molecule has 1 unspecified atom stereocenters. The van der Waals surface area contributed by atoms with Crippen LogP contribution in [0.4, 0.5) is 13.2 Å². The van der Waals surface area contributed by atoms with Gasteiger partial charge in [0.15, 0.2) is 0 Å². The number of carbonyl (C=O) groups is 2. The summed E-state index contributed by atoms with van der Waals surface area (Å²) < 4.78 is 38.0. The summed E-state index contributed by atoms with van der Waals surface area (Å²) in [5, 5.41) is 3.03. The molecule has 1 atom stereocenters. The number of hydrogen-bond acceptors (Lipinski definition) is 3. The van der Waals surface area contributed by atoms with Crippen molar-refractivity contribution in [3.8, 4) is 0 Å². The Kier molecular flexibility index (Phi) is 5.61. The minimum atomic E-state index is -4.53. The van der Waals surface area contributed by atoms with E-state index in [0.717, 1.165) is 13.0 Å². The number of nitrogens with one attached hydrogen (secondary N) is 1. The molecule has 0 aliphatic carbocycles. The number of rotatable bonds is 4. The van der Waals surface area contributed by atoms with Crippen LogP contribution >= 0.6 is 0 Å². The summed E-state index contributed by atoms with van der Waals surface area (Å²) in [6, 6.07) is 0. The largest absolute Gasteiger partial charge is 0.406 e. The van der Waals surface area contributed by atoms with E-state index in [4.69, 9.17) is 0 Å². The van der Waals surface area contributed by atoms with Crippen molar-refractivity contribution >= 4 is 11.8 Å². The Hall–Kier alpha value is -1.31. The van der Waals surface area contributed by atoms with Crippen LogP contribution in [0.5, 0.6) is 0 Å². The van der Waals surface area contributed by atoms with Crippen molar-refractivity contribution < 1.29 is 22.8 Å². The highest BCUT2D eigenvalue weighted by atomic mass is 19.4. The van der Waals surface area contributed by atoms with Gasteiger partial charge in [-0.15, -0.1) is 0 Å². The SMILES string of the molecule is CN(C)C(=O)CN(CC(F)(F)F)C(=O)C1(C)CCCNC1. The maximum absolute atomic E-state index is 12.7. The van der Waals surface area contributed by atoms with Crippen LogP contribution in [-0.2, 0) is 9.59 Å². The number of carbonyl (C=O) groups excluding carboxylic acids is 2. The Balaban J connectivity index is 2.88. The Morgan fingerprint density at radius 3 is 2.33 bits per heavy atom. The van der Waals surface area contributed by atoms with Crippen LogP contribution in [0.15, 0.2) is 0 Å². The lowest BCUT2D eigenvalue weighted by Crippen LogP contribution is -2.54. The number of alkyl halides is 3. The van der Waals surface area contributed by atoms with E-state index < -0.39 is 36.5 Å². The van der Waals surface area contributed by atoms with Gasteiger partial charge in [-0.25, -0.2) is 0 Å². The topological polar surface area (TPSA) is 52.7 Å². The highest BCUT2D eigenvalue weighted by molar-refractivity contribution is 5.88. The second-order valence-electron chi connectivity index (χ2n) is 5.91. The fourth-order valence-corrected chi connectivity index (χ4v) is 2.34. The third-order valence-electron chi connectivity index (χ3n) is 3.60. The van der Waals surface area contributed by atoms with E-state index >= 15 is 0 Å². The maximum Gasteiger partial charge on any atom is 0.406 e. The van der Waals surface area contributed by atoms with Crippen LogP contribution in [0, 0.1) is 5.41 Å². The molecule has 0 aromatic rings. The smallest absolute Gasteiger partial charge is 0.347 e. The molecule has 1 aliphatic heterocycles. The summed E-state index contributed by atoms with van der Waals surface area (Å²) in [5.74, 6) is -1.15. The second kappa shape index (κ2) is 6.64. The first-order chi connectivity index (χ1) is 9.55. The van der Waals surface area contributed by atoms with Gasteiger partial charge in [-0.1, -0.05) is 0 Å². The molecular weight excluding hydrogens is 287 g/mol. The maximum atomic E-state index is 12.7. The standard InChI is InChI=1S/C13H22F3N3O2/c1-12(5-4-6-17-8-12)11(21)19(9-13(14,15)16)7-10(20)18(2)3/h17H,4-9H2,1-3H3. The third-order valence-corrected chi connectivity index (χ3v) is 3.60. The molecule has 1 rings (SSSR count). The van der Waals surface area contributed by atoms with E-state index in [9.17, 15) is 22.8 Å². The molecule has 1 aliphatic rings. The van der Waals surface area contributed by atoms with E-state index in [0.29, 0.717) is 17.9 Å². The van der Waals surface area contributed by atoms with Gasteiger partial charge in [0.25, 0.3) is 0 Å². The lowest BCUT2D eigenvalue weighted by molar-refractivity contribution is -0.170. The van der Waals surface area contributed by atoms with Crippen LogP contribution in [0.1, 0.15) is 19.8 Å². The highest BCUT2D eigenvalue weighted by Gasteiger charge is 2.42. The first-order valence-electron chi connectivity index (χ1n) is 6.82. The molecule has 5 nitrogen and oxygen atoms in total. The van der Waals surface area contributed by atoms with Crippen LogP contribution in [0.3, 0.4) is 0 Å². The van der Waals surface area contributed by atoms with Gasteiger partial charge in [-0.3, -0.25) is 9.59 Å². The average molecular weight is 309 g/mol. The van der Waals surface area contributed by atoms with Crippen LogP contribution in [0.2, 0.25) is 0 Å². The van der Waals surface area contributed by atoms with Crippen molar-refractivity contribution in [2.45, 2.75) is 25.9 Å². The summed E-state index contributed by atoms with van der Waals surface area (Å²) in [4.78, 5) is 25.9. The first kappa shape index (κ1) is 17.7. The molecule has 1 saturated heterocycles. The van der Waals surface area contributed by atoms with Crippen molar-refractivity contribution in [3.05, 3.63) is 0 Å². The summed E-state index contributed by atoms with van der Waals surface area (Å²) in [5.41, 5.74) is -0.893. The molecule has 0 spiro atoms. The molecule has 21 heavy (non-hydrogen) atoms. The fourth-order valence-electron chi connectivity index (χ4n) is 2.34. The van der Waals surface area contributed by atoms with E-state index in [1.54, 1.807) is 6.92 Å². The zero-order chi connectivity index (χ0) is 16.3. The number of nitrogens with zero attached hydrogens (tertiary/aromatic N) is 2. The molecule has 1 N–H and O–H groups in total. The van der Waals surface area contributed by atoms with Crippen LogP contribution in [-0.4, -0.2) is 68.1 Å². The van der Waals surface area contributed by atoms with Crippen molar-refractivity contribution in [2.75, 3.05) is 40.3 Å². The number of hydrogen-bond donors (Lipinski definition) is 1. The molecule has 0 aromatic carbocycles. The number of piperidine rings is 1. The van der Waals surface area contributed by atoms with Crippen molar-refractivity contribution in [2.24, 2.45) is 5.41 Å². The Morgan fingerprint density at radius 2 is 1.90 bits per heavy atom. The van der Waals surface area contributed by atoms with Gasteiger partial charge in [0.05, 0.1) is 5.41 Å². The zero-order valence-electron chi connectivity index (χ0n) is 12.6. The van der Waals surface area contributed by atoms with Crippen LogP contribution < -0.4 is 5.32 Å². The molecule has 1 heterocycles. The minimum absolute atomic E-state index is 0.330. The Labute approximate surface area is 122 Å². The summed E-state index contributed by atoms with van der Waals surface area (Å²) in [6.45, 7) is 0.766. The molecule has 0 saturated carbocycles. The average Bonchev–Trinajstić information content (AvgIpc) is 2.36. The van der Waals surface area contributed by atoms with E-state index in [1.807, 2.05) is 0 Å². The predicted molar refractivity (Wildman–Crippen MR) is 71.5 cm³/mol. The van der Waals surface area contributed by atoms with E-state index in [2.05, 4.69) is 5.32 Å². The van der Waals surface area contributed by atoms with Gasteiger partial charge in [0.1, 0.15) is 13.1 Å². The summed E-state index contributed by atoms with van der Waals surface area (Å²) >= 11 is 0. The highest BCUT2D eigenvalue weighted by Crippen LogP contribution is 2.29.